The first kappa shape index (κ1) is 11.3. The summed E-state index contributed by atoms with van der Waals surface area (Å²) in [5, 5.41) is 0. The molecule has 1 aromatic carbocycles. The van der Waals surface area contributed by atoms with E-state index in [1.807, 2.05) is 44.2 Å². The molecule has 0 N–H and O–H groups in total. The lowest BCUT2D eigenvalue weighted by atomic mass is 9.98. The summed E-state index contributed by atoms with van der Waals surface area (Å²) in [6, 6.07) is 9.59. The Hall–Kier alpha value is -1.79. The molecule has 0 atom stereocenters. The molecule has 0 amide bonds. The van der Waals surface area contributed by atoms with E-state index in [1.165, 1.54) is 6.08 Å². The molecule has 0 bridgehead atoms. The van der Waals surface area contributed by atoms with Crippen molar-refractivity contribution in [1.29, 1.82) is 0 Å². The highest BCUT2D eigenvalue weighted by atomic mass is 16.6. The minimum absolute atomic E-state index is 0.432. The van der Waals surface area contributed by atoms with E-state index in [-0.39, 0.29) is 0 Å². The Morgan fingerprint density at radius 2 is 2.00 bits per heavy atom. The number of hydrogen-bond acceptors (Lipinski definition) is 2. The third-order valence-corrected chi connectivity index (χ3v) is 2.04. The molecule has 2 nitrogen and oxygen atoms in total. The standard InChI is InChI=1S/C13H14O2/c1-4-8-12(14)15-13(2,3)11-9-6-5-7-10-11/h5-10H,1H2,2-3H3. The van der Waals surface area contributed by atoms with E-state index in [1.54, 1.807) is 0 Å². The zero-order valence-electron chi connectivity index (χ0n) is 8.99. The van der Waals surface area contributed by atoms with Crippen molar-refractivity contribution in [3.8, 4) is 0 Å². The zero-order chi connectivity index (χ0) is 11.3. The van der Waals surface area contributed by atoms with Crippen LogP contribution in [0, 0.1) is 0 Å². The van der Waals surface area contributed by atoms with Crippen molar-refractivity contribution in [1.82, 2.24) is 0 Å². The number of hydrogen-bond donors (Lipinski definition) is 0. The molecule has 78 valence electrons. The lowest BCUT2D eigenvalue weighted by Crippen LogP contribution is -2.24. The van der Waals surface area contributed by atoms with E-state index in [0.717, 1.165) is 5.56 Å². The number of carbonyl (C=O) groups is 1. The molecular weight excluding hydrogens is 188 g/mol. The topological polar surface area (TPSA) is 26.3 Å². The Morgan fingerprint density at radius 3 is 2.53 bits per heavy atom. The fraction of sp³-hybridized carbons (Fsp3) is 0.231. The lowest BCUT2D eigenvalue weighted by Gasteiger charge is -2.24. The number of carbonyl (C=O) groups excluding carboxylic acids is 1. The molecule has 0 aliphatic heterocycles. The molecule has 1 rings (SSSR count). The smallest absolute Gasteiger partial charge is 0.339 e. The second-order valence-corrected chi connectivity index (χ2v) is 3.65. The molecule has 0 heterocycles. The fourth-order valence-electron chi connectivity index (χ4n) is 1.26. The van der Waals surface area contributed by atoms with E-state index < -0.39 is 11.6 Å². The summed E-state index contributed by atoms with van der Waals surface area (Å²) in [5.41, 5.74) is 2.71. The molecular formula is C13H14O2. The highest BCUT2D eigenvalue weighted by Crippen LogP contribution is 2.24. The first-order chi connectivity index (χ1) is 7.06. The highest BCUT2D eigenvalue weighted by Gasteiger charge is 2.23. The molecule has 0 aromatic heterocycles. The summed E-state index contributed by atoms with van der Waals surface area (Å²) in [6.07, 6.45) is 1.19. The van der Waals surface area contributed by atoms with E-state index in [0.29, 0.717) is 0 Å². The van der Waals surface area contributed by atoms with Crippen LogP contribution in [0.2, 0.25) is 0 Å². The van der Waals surface area contributed by atoms with Gasteiger partial charge in [-0.1, -0.05) is 36.9 Å². The Morgan fingerprint density at radius 1 is 1.40 bits per heavy atom. The summed E-state index contributed by atoms with van der Waals surface area (Å²) in [5.74, 6) is -0.432. The van der Waals surface area contributed by atoms with E-state index in [2.05, 4.69) is 12.3 Å². The van der Waals surface area contributed by atoms with E-state index >= 15 is 0 Å². The van der Waals surface area contributed by atoms with Gasteiger partial charge < -0.3 is 4.74 Å². The zero-order valence-corrected chi connectivity index (χ0v) is 8.99. The number of esters is 1. The maximum absolute atomic E-state index is 11.3. The van der Waals surface area contributed by atoms with Crippen molar-refractivity contribution in [2.24, 2.45) is 0 Å². The molecule has 0 saturated carbocycles. The van der Waals surface area contributed by atoms with E-state index in [9.17, 15) is 4.79 Å². The Kier molecular flexibility index (Phi) is 3.48. The average molecular weight is 202 g/mol. The molecule has 0 aliphatic rings. The van der Waals surface area contributed by atoms with Crippen molar-refractivity contribution >= 4 is 5.97 Å². The van der Waals surface area contributed by atoms with Crippen LogP contribution in [0.5, 0.6) is 0 Å². The van der Waals surface area contributed by atoms with Crippen LogP contribution in [0.15, 0.2) is 48.7 Å². The summed E-state index contributed by atoms with van der Waals surface area (Å²) in [7, 11) is 0. The van der Waals surface area contributed by atoms with Crippen molar-refractivity contribution < 1.29 is 9.53 Å². The third-order valence-electron chi connectivity index (χ3n) is 2.04. The number of rotatable bonds is 3. The fourth-order valence-corrected chi connectivity index (χ4v) is 1.26. The minimum Gasteiger partial charge on any atom is -0.451 e. The Bertz CT molecular complexity index is 384. The molecule has 2 heteroatoms. The molecule has 15 heavy (non-hydrogen) atoms. The van der Waals surface area contributed by atoms with Crippen LogP contribution in [0.3, 0.4) is 0 Å². The molecule has 0 fully saturated rings. The summed E-state index contributed by atoms with van der Waals surface area (Å²) in [6.45, 7) is 7.01. The summed E-state index contributed by atoms with van der Waals surface area (Å²) >= 11 is 0. The minimum atomic E-state index is -0.633. The molecule has 0 spiro atoms. The van der Waals surface area contributed by atoms with Gasteiger partial charge in [0.15, 0.2) is 0 Å². The van der Waals surface area contributed by atoms with Crippen LogP contribution in [0.25, 0.3) is 0 Å². The molecule has 0 aliphatic carbocycles. The van der Waals surface area contributed by atoms with Gasteiger partial charge in [-0.05, 0) is 19.4 Å². The Balaban J connectivity index is 2.84. The van der Waals surface area contributed by atoms with Gasteiger partial charge in [0.1, 0.15) is 5.60 Å². The van der Waals surface area contributed by atoms with Gasteiger partial charge in [0.25, 0.3) is 0 Å². The second-order valence-electron chi connectivity index (χ2n) is 3.65. The first-order valence-electron chi connectivity index (χ1n) is 4.70. The van der Waals surface area contributed by atoms with Crippen LogP contribution in [-0.4, -0.2) is 5.97 Å². The Labute approximate surface area is 89.9 Å². The predicted molar refractivity (Wildman–Crippen MR) is 59.3 cm³/mol. The van der Waals surface area contributed by atoms with Crippen molar-refractivity contribution in [2.45, 2.75) is 19.4 Å². The maximum atomic E-state index is 11.3. The van der Waals surface area contributed by atoms with E-state index in [4.69, 9.17) is 4.74 Å². The van der Waals surface area contributed by atoms with Crippen LogP contribution >= 0.6 is 0 Å². The third kappa shape index (κ3) is 3.12. The van der Waals surface area contributed by atoms with Crippen LogP contribution in [0.1, 0.15) is 19.4 Å². The quantitative estimate of drug-likeness (QED) is 0.428. The van der Waals surface area contributed by atoms with Crippen molar-refractivity contribution in [3.63, 3.8) is 0 Å². The van der Waals surface area contributed by atoms with Crippen molar-refractivity contribution in [2.75, 3.05) is 0 Å². The van der Waals surface area contributed by atoms with Gasteiger partial charge in [0, 0.05) is 0 Å². The summed E-state index contributed by atoms with van der Waals surface area (Å²) < 4.78 is 5.27. The van der Waals surface area contributed by atoms with Gasteiger partial charge in [-0.3, -0.25) is 0 Å². The summed E-state index contributed by atoms with van der Waals surface area (Å²) in [4.78, 5) is 11.3. The largest absolute Gasteiger partial charge is 0.451 e. The van der Waals surface area contributed by atoms with Gasteiger partial charge in [0.2, 0.25) is 0 Å². The molecule has 0 radical (unpaired) electrons. The molecule has 0 saturated heterocycles. The lowest BCUT2D eigenvalue weighted by molar-refractivity contribution is -0.151. The average Bonchev–Trinajstić information content (AvgIpc) is 2.18. The normalized spacial score (nSPS) is 10.3. The number of benzene rings is 1. The number of ether oxygens (including phenoxy) is 1. The van der Waals surface area contributed by atoms with Gasteiger partial charge in [-0.25, -0.2) is 4.79 Å². The van der Waals surface area contributed by atoms with Gasteiger partial charge >= 0.3 is 5.97 Å². The van der Waals surface area contributed by atoms with Crippen LogP contribution < -0.4 is 0 Å². The maximum Gasteiger partial charge on any atom is 0.339 e. The van der Waals surface area contributed by atoms with Gasteiger partial charge in [0.05, 0.1) is 6.08 Å². The van der Waals surface area contributed by atoms with Crippen LogP contribution in [-0.2, 0) is 15.1 Å². The van der Waals surface area contributed by atoms with Crippen LogP contribution in [0.4, 0.5) is 0 Å². The monoisotopic (exact) mass is 202 g/mol. The second kappa shape index (κ2) is 4.63. The van der Waals surface area contributed by atoms with Gasteiger partial charge in [-0.2, -0.15) is 0 Å². The van der Waals surface area contributed by atoms with Crippen molar-refractivity contribution in [3.05, 3.63) is 54.3 Å². The first-order valence-corrected chi connectivity index (χ1v) is 4.70. The molecule has 0 unspecified atom stereocenters. The predicted octanol–water partition coefficient (Wildman–Crippen LogP) is 2.81. The SMILES string of the molecule is C=C=CC(=O)OC(C)(C)c1ccccc1. The molecule has 1 aromatic rings. The van der Waals surface area contributed by atoms with Gasteiger partial charge in [-0.15, -0.1) is 5.73 Å². The highest BCUT2D eigenvalue weighted by molar-refractivity contribution is 5.82.